The van der Waals surface area contributed by atoms with Crippen molar-refractivity contribution in [3.05, 3.63) is 71.4 Å². The molecule has 1 aromatic carbocycles. The van der Waals surface area contributed by atoms with E-state index in [0.29, 0.717) is 28.3 Å². The molecule has 0 fully saturated rings. The Morgan fingerprint density at radius 2 is 1.83 bits per heavy atom. The van der Waals surface area contributed by atoms with Crippen LogP contribution in [0.15, 0.2) is 60.2 Å². The lowest BCUT2D eigenvalue weighted by Crippen LogP contribution is -2.09. The highest BCUT2D eigenvalue weighted by molar-refractivity contribution is 7.84. The number of allylic oxidation sites excluding steroid dienone is 2. The van der Waals surface area contributed by atoms with Crippen molar-refractivity contribution >= 4 is 21.2 Å². The van der Waals surface area contributed by atoms with Gasteiger partial charge >= 0.3 is 0 Å². The Bertz CT molecular complexity index is 552. The van der Waals surface area contributed by atoms with Gasteiger partial charge in [0.1, 0.15) is 12.4 Å². The number of ether oxygens (including phenoxy) is 1. The SMILES string of the molecule is C=C(S)/C=C\C(=C)OCc1ccc(C(CC(C)(C)C)PC)cc1. The third-order valence-electron chi connectivity index (χ3n) is 3.43. The molecule has 0 heterocycles. The van der Waals surface area contributed by atoms with Gasteiger partial charge in [-0.1, -0.05) is 58.2 Å². The Hall–Kier alpha value is -0.980. The Labute approximate surface area is 149 Å². The molecule has 0 spiro atoms. The minimum Gasteiger partial charge on any atom is -0.490 e. The van der Waals surface area contributed by atoms with Gasteiger partial charge in [0.25, 0.3) is 0 Å². The van der Waals surface area contributed by atoms with Gasteiger partial charge in [-0.3, -0.25) is 0 Å². The van der Waals surface area contributed by atoms with Crippen LogP contribution in [0.25, 0.3) is 0 Å². The molecule has 0 bridgehead atoms. The van der Waals surface area contributed by atoms with Crippen LogP contribution in [0.2, 0.25) is 0 Å². The Morgan fingerprint density at radius 3 is 2.30 bits per heavy atom. The molecule has 1 rings (SSSR count). The van der Waals surface area contributed by atoms with Crippen LogP contribution < -0.4 is 0 Å². The number of hydrogen-bond donors (Lipinski definition) is 1. The van der Waals surface area contributed by atoms with E-state index in [4.69, 9.17) is 4.74 Å². The summed E-state index contributed by atoms with van der Waals surface area (Å²) in [5.74, 6) is 0.616. The summed E-state index contributed by atoms with van der Waals surface area (Å²) >= 11 is 4.10. The summed E-state index contributed by atoms with van der Waals surface area (Å²) in [5.41, 5.74) is 3.58. The summed E-state index contributed by atoms with van der Waals surface area (Å²) in [6.07, 6.45) is 4.77. The lowest BCUT2D eigenvalue weighted by atomic mass is 9.88. The molecule has 3 heteroatoms. The highest BCUT2D eigenvalue weighted by atomic mass is 32.1. The number of thiol groups is 1. The van der Waals surface area contributed by atoms with Crippen molar-refractivity contribution in [3.63, 3.8) is 0 Å². The molecule has 2 atom stereocenters. The molecule has 0 aliphatic rings. The molecule has 23 heavy (non-hydrogen) atoms. The zero-order chi connectivity index (χ0) is 17.5. The molecular weight excluding hydrogens is 319 g/mol. The summed E-state index contributed by atoms with van der Waals surface area (Å²) in [4.78, 5) is 0.685. The fourth-order valence-corrected chi connectivity index (χ4v) is 3.68. The molecule has 1 nitrogen and oxygen atoms in total. The van der Waals surface area contributed by atoms with Gasteiger partial charge in [0.05, 0.1) is 0 Å². The van der Waals surface area contributed by atoms with Crippen LogP contribution in [-0.4, -0.2) is 6.66 Å². The lowest BCUT2D eigenvalue weighted by molar-refractivity contribution is 0.212. The maximum Gasteiger partial charge on any atom is 0.113 e. The van der Waals surface area contributed by atoms with Crippen molar-refractivity contribution in [2.75, 3.05) is 6.66 Å². The van der Waals surface area contributed by atoms with Gasteiger partial charge in [0.15, 0.2) is 0 Å². The molecule has 0 amide bonds. The monoisotopic (exact) mass is 348 g/mol. The first-order chi connectivity index (χ1) is 10.7. The highest BCUT2D eigenvalue weighted by Gasteiger charge is 2.18. The molecule has 2 unspecified atom stereocenters. The van der Waals surface area contributed by atoms with Gasteiger partial charge < -0.3 is 4.74 Å². The molecule has 0 aromatic heterocycles. The van der Waals surface area contributed by atoms with Gasteiger partial charge in [-0.2, -0.15) is 0 Å². The predicted molar refractivity (Wildman–Crippen MR) is 109 cm³/mol. The lowest BCUT2D eigenvalue weighted by Gasteiger charge is -2.25. The van der Waals surface area contributed by atoms with Crippen molar-refractivity contribution in [1.29, 1.82) is 0 Å². The average Bonchev–Trinajstić information content (AvgIpc) is 2.48. The van der Waals surface area contributed by atoms with E-state index in [1.54, 1.807) is 12.2 Å². The van der Waals surface area contributed by atoms with E-state index < -0.39 is 0 Å². The first-order valence-corrected chi connectivity index (χ1v) is 9.87. The summed E-state index contributed by atoms with van der Waals surface area (Å²) in [6.45, 7) is 17.3. The van der Waals surface area contributed by atoms with Crippen molar-refractivity contribution in [3.8, 4) is 0 Å². The van der Waals surface area contributed by atoms with Crippen molar-refractivity contribution < 1.29 is 4.74 Å². The van der Waals surface area contributed by atoms with E-state index in [9.17, 15) is 0 Å². The second kappa shape index (κ2) is 9.35. The van der Waals surface area contributed by atoms with Crippen molar-refractivity contribution in [2.24, 2.45) is 5.41 Å². The largest absolute Gasteiger partial charge is 0.490 e. The van der Waals surface area contributed by atoms with Crippen molar-refractivity contribution in [2.45, 2.75) is 39.5 Å². The number of rotatable bonds is 8. The number of benzene rings is 1. The van der Waals surface area contributed by atoms with E-state index in [2.05, 4.69) is 77.5 Å². The van der Waals surface area contributed by atoms with Crippen LogP contribution in [0.1, 0.15) is 44.0 Å². The van der Waals surface area contributed by atoms with Gasteiger partial charge in [-0.05, 0) is 46.7 Å². The van der Waals surface area contributed by atoms with Gasteiger partial charge in [0, 0.05) is 5.66 Å². The topological polar surface area (TPSA) is 9.23 Å². The first kappa shape index (κ1) is 20.1. The smallest absolute Gasteiger partial charge is 0.113 e. The summed E-state index contributed by atoms with van der Waals surface area (Å²) in [7, 11) is 0.921. The molecule has 0 radical (unpaired) electrons. The van der Waals surface area contributed by atoms with E-state index in [1.165, 1.54) is 12.0 Å². The van der Waals surface area contributed by atoms with Crippen LogP contribution in [0.4, 0.5) is 0 Å². The zero-order valence-corrected chi connectivity index (χ0v) is 16.6. The van der Waals surface area contributed by atoms with Crippen LogP contribution >= 0.6 is 21.2 Å². The third kappa shape index (κ3) is 8.44. The van der Waals surface area contributed by atoms with E-state index >= 15 is 0 Å². The molecular formula is C20H29OPS. The quantitative estimate of drug-likeness (QED) is 0.244. The highest BCUT2D eigenvalue weighted by Crippen LogP contribution is 2.41. The van der Waals surface area contributed by atoms with E-state index in [0.717, 1.165) is 14.1 Å². The fourth-order valence-electron chi connectivity index (χ4n) is 2.26. The first-order valence-electron chi connectivity index (χ1n) is 7.85. The van der Waals surface area contributed by atoms with Gasteiger partial charge in [-0.15, -0.1) is 21.2 Å². The predicted octanol–water partition coefficient (Wildman–Crippen LogP) is 6.50. The molecule has 126 valence electrons. The van der Waals surface area contributed by atoms with Gasteiger partial charge in [0.2, 0.25) is 0 Å². The molecule has 0 aliphatic heterocycles. The Kier molecular flexibility index (Phi) is 8.16. The molecule has 0 saturated carbocycles. The van der Waals surface area contributed by atoms with Crippen LogP contribution in [0, 0.1) is 5.41 Å². The molecule has 1 aromatic rings. The third-order valence-corrected chi connectivity index (χ3v) is 4.82. The molecule has 0 aliphatic carbocycles. The summed E-state index contributed by atoms with van der Waals surface area (Å²) in [6, 6.07) is 8.78. The normalized spacial score (nSPS) is 13.6. The Morgan fingerprint density at radius 1 is 1.22 bits per heavy atom. The average molecular weight is 348 g/mol. The van der Waals surface area contributed by atoms with Crippen molar-refractivity contribution in [1.82, 2.24) is 0 Å². The zero-order valence-electron chi connectivity index (χ0n) is 14.7. The van der Waals surface area contributed by atoms with E-state index in [-0.39, 0.29) is 0 Å². The summed E-state index contributed by atoms with van der Waals surface area (Å²) in [5, 5.41) is 0. The van der Waals surface area contributed by atoms with E-state index in [1.807, 2.05) is 0 Å². The van der Waals surface area contributed by atoms with Crippen LogP contribution in [0.5, 0.6) is 0 Å². The second-order valence-electron chi connectivity index (χ2n) is 6.93. The maximum atomic E-state index is 5.63. The minimum atomic E-state index is 0.358. The fraction of sp³-hybridized carbons (Fsp3) is 0.400. The minimum absolute atomic E-state index is 0.358. The number of hydrogen-bond acceptors (Lipinski definition) is 2. The second-order valence-corrected chi connectivity index (χ2v) is 8.78. The summed E-state index contributed by atoms with van der Waals surface area (Å²) < 4.78 is 5.63. The standard InChI is InChI=1S/C20H29OPS/c1-15(7-8-16(2)23)21-14-17-9-11-18(12-10-17)19(22-6)13-20(3,4)5/h7-12,19,22-23H,1-2,13-14H2,3-6H3/b8-7-. The molecule has 0 saturated heterocycles. The molecule has 0 N–H and O–H groups in total. The maximum absolute atomic E-state index is 5.63. The Balaban J connectivity index is 2.62. The van der Waals surface area contributed by atoms with Crippen LogP contribution in [0.3, 0.4) is 0 Å². The van der Waals surface area contributed by atoms with Gasteiger partial charge in [-0.25, -0.2) is 0 Å². The van der Waals surface area contributed by atoms with Crippen LogP contribution in [-0.2, 0) is 11.3 Å².